The number of fused-ring (bicyclic) bond motifs is 1. The number of aromatic nitrogens is 3. The maximum absolute atomic E-state index is 12.1. The van der Waals surface area contributed by atoms with E-state index >= 15 is 0 Å². The lowest BCUT2D eigenvalue weighted by Gasteiger charge is -2.11. The van der Waals surface area contributed by atoms with E-state index in [-0.39, 0.29) is 23.3 Å². The van der Waals surface area contributed by atoms with Crippen molar-refractivity contribution < 1.29 is 9.59 Å². The molecule has 0 spiro atoms. The molecule has 0 unspecified atom stereocenters. The van der Waals surface area contributed by atoms with Crippen LogP contribution in [0.2, 0.25) is 10.0 Å². The van der Waals surface area contributed by atoms with Gasteiger partial charge in [0.15, 0.2) is 0 Å². The molecule has 1 aromatic heterocycles. The topological polar surface area (TPSA) is 88.9 Å². The molecule has 0 saturated heterocycles. The molecule has 0 bridgehead atoms. The predicted octanol–water partition coefficient (Wildman–Crippen LogP) is 2.42. The minimum Gasteiger partial charge on any atom is -0.325 e. The van der Waals surface area contributed by atoms with E-state index in [2.05, 4.69) is 20.7 Å². The smallest absolute Gasteiger partial charge is 0.252 e. The van der Waals surface area contributed by atoms with Crippen LogP contribution in [0.1, 0.15) is 18.3 Å². The first-order valence-electron chi connectivity index (χ1n) is 6.43. The number of aryl methyl sites for hydroxylation is 1. The summed E-state index contributed by atoms with van der Waals surface area (Å²) in [5.41, 5.74) is 0.396. The van der Waals surface area contributed by atoms with Crippen LogP contribution in [0.15, 0.2) is 18.2 Å². The fraction of sp³-hybridized carbons (Fsp3) is 0.231. The fourth-order valence-corrected chi connectivity index (χ4v) is 2.54. The van der Waals surface area contributed by atoms with Gasteiger partial charge in [-0.05, 0) is 19.1 Å². The van der Waals surface area contributed by atoms with Crippen molar-refractivity contribution in [3.05, 3.63) is 34.1 Å². The van der Waals surface area contributed by atoms with Crippen molar-refractivity contribution in [2.24, 2.45) is 0 Å². The van der Waals surface area contributed by atoms with E-state index in [0.717, 1.165) is 0 Å². The van der Waals surface area contributed by atoms with Gasteiger partial charge in [-0.25, -0.2) is 4.68 Å². The van der Waals surface area contributed by atoms with Crippen molar-refractivity contribution >= 4 is 46.7 Å². The van der Waals surface area contributed by atoms with Crippen molar-refractivity contribution in [2.75, 3.05) is 10.6 Å². The van der Waals surface area contributed by atoms with Crippen molar-refractivity contribution in [3.8, 4) is 0 Å². The Morgan fingerprint density at radius 2 is 2.23 bits per heavy atom. The molecule has 2 aromatic rings. The second-order valence-corrected chi connectivity index (χ2v) is 5.57. The van der Waals surface area contributed by atoms with Gasteiger partial charge in [0.2, 0.25) is 11.9 Å². The highest BCUT2D eigenvalue weighted by atomic mass is 35.5. The molecule has 7 nitrogen and oxygen atoms in total. The number of carbonyl (C=O) groups is 2. The fourth-order valence-electron chi connectivity index (χ4n) is 2.19. The Kier molecular flexibility index (Phi) is 3.76. The van der Waals surface area contributed by atoms with E-state index in [0.29, 0.717) is 22.5 Å². The lowest BCUT2D eigenvalue weighted by molar-refractivity contribution is -0.123. The molecule has 1 aromatic carbocycles. The first-order valence-corrected chi connectivity index (χ1v) is 7.19. The van der Waals surface area contributed by atoms with Crippen molar-refractivity contribution in [3.63, 3.8) is 0 Å². The Labute approximate surface area is 135 Å². The highest BCUT2D eigenvalue weighted by Gasteiger charge is 2.34. The molecular formula is C13H11Cl2N5O2. The number of benzene rings is 1. The molecule has 2 N–H and O–H groups in total. The predicted molar refractivity (Wildman–Crippen MR) is 82.1 cm³/mol. The van der Waals surface area contributed by atoms with E-state index in [1.54, 1.807) is 25.1 Å². The molecule has 0 saturated carbocycles. The van der Waals surface area contributed by atoms with Crippen LogP contribution in [-0.4, -0.2) is 26.6 Å². The number of amides is 2. The van der Waals surface area contributed by atoms with Crippen LogP contribution >= 0.6 is 23.2 Å². The molecule has 0 aliphatic carbocycles. The van der Waals surface area contributed by atoms with Crippen LogP contribution in [0.3, 0.4) is 0 Å². The monoisotopic (exact) mass is 339 g/mol. The zero-order valence-electron chi connectivity index (χ0n) is 11.4. The van der Waals surface area contributed by atoms with E-state index in [1.807, 2.05) is 0 Å². The zero-order chi connectivity index (χ0) is 15.9. The van der Waals surface area contributed by atoms with E-state index in [4.69, 9.17) is 23.2 Å². The Hall–Kier alpha value is -2.12. The van der Waals surface area contributed by atoms with Crippen molar-refractivity contribution in [2.45, 2.75) is 19.4 Å². The van der Waals surface area contributed by atoms with Gasteiger partial charge in [-0.3, -0.25) is 14.9 Å². The minimum absolute atomic E-state index is 0.0789. The van der Waals surface area contributed by atoms with Gasteiger partial charge in [0.05, 0.1) is 22.2 Å². The number of hydrogen-bond acceptors (Lipinski definition) is 4. The van der Waals surface area contributed by atoms with Gasteiger partial charge < -0.3 is 5.32 Å². The highest BCUT2D eigenvalue weighted by molar-refractivity contribution is 6.44. The van der Waals surface area contributed by atoms with Crippen LogP contribution in [0.25, 0.3) is 0 Å². The lowest BCUT2D eigenvalue weighted by atomic mass is 10.2. The summed E-state index contributed by atoms with van der Waals surface area (Å²) in [5.74, 6) is 0.187. The van der Waals surface area contributed by atoms with E-state index in [9.17, 15) is 9.59 Å². The summed E-state index contributed by atoms with van der Waals surface area (Å²) in [6.45, 7) is 1.71. The summed E-state index contributed by atoms with van der Waals surface area (Å²) in [5, 5.41) is 9.93. The van der Waals surface area contributed by atoms with Crippen molar-refractivity contribution in [1.82, 2.24) is 14.8 Å². The number of halogens is 2. The molecule has 1 aliphatic rings. The average molecular weight is 340 g/mol. The van der Waals surface area contributed by atoms with Gasteiger partial charge in [-0.1, -0.05) is 29.3 Å². The number of nitrogens with zero attached hydrogens (tertiary/aromatic N) is 3. The van der Waals surface area contributed by atoms with Gasteiger partial charge in [0.25, 0.3) is 5.91 Å². The first-order chi connectivity index (χ1) is 10.5. The second kappa shape index (κ2) is 5.58. The minimum atomic E-state index is -0.728. The van der Waals surface area contributed by atoms with Gasteiger partial charge in [-0.15, -0.1) is 0 Å². The molecule has 3 rings (SSSR count). The van der Waals surface area contributed by atoms with Gasteiger partial charge in [0.1, 0.15) is 11.9 Å². The summed E-state index contributed by atoms with van der Waals surface area (Å²) in [6.07, 6.45) is -0.0789. The third-order valence-electron chi connectivity index (χ3n) is 3.17. The Morgan fingerprint density at radius 3 is 3.00 bits per heavy atom. The summed E-state index contributed by atoms with van der Waals surface area (Å²) >= 11 is 11.9. The molecule has 2 heterocycles. The van der Waals surface area contributed by atoms with E-state index in [1.165, 1.54) is 4.68 Å². The Bertz CT molecular complexity index is 774. The number of nitrogens with one attached hydrogen (secondary N) is 2. The molecule has 9 heteroatoms. The number of carbonyl (C=O) groups excluding carboxylic acids is 2. The van der Waals surface area contributed by atoms with Crippen LogP contribution in [0.4, 0.5) is 11.6 Å². The quantitative estimate of drug-likeness (QED) is 0.898. The largest absolute Gasteiger partial charge is 0.325 e. The Morgan fingerprint density at radius 1 is 1.45 bits per heavy atom. The second-order valence-electron chi connectivity index (χ2n) is 4.79. The summed E-state index contributed by atoms with van der Waals surface area (Å²) < 4.78 is 1.41. The summed E-state index contributed by atoms with van der Waals surface area (Å²) in [7, 11) is 0. The lowest BCUT2D eigenvalue weighted by Crippen LogP contribution is -2.24. The standard InChI is InChI=1S/C13H11Cl2N5O2/c1-6-16-13-18-12(22)9(20(13)19-6)5-10(21)17-8-4-2-3-7(14)11(8)15/h2-4,9H,5H2,1H3,(H,17,21)(H,16,18,19,22)/t9-/m1/s1. The molecule has 114 valence electrons. The molecule has 0 fully saturated rings. The van der Waals surface area contributed by atoms with Crippen LogP contribution in [0.5, 0.6) is 0 Å². The zero-order valence-corrected chi connectivity index (χ0v) is 12.9. The van der Waals surface area contributed by atoms with Crippen LogP contribution in [-0.2, 0) is 9.59 Å². The highest BCUT2D eigenvalue weighted by Crippen LogP contribution is 2.30. The third kappa shape index (κ3) is 2.65. The van der Waals surface area contributed by atoms with Gasteiger partial charge in [0, 0.05) is 0 Å². The summed E-state index contributed by atoms with van der Waals surface area (Å²) in [6, 6.07) is 4.19. The molecule has 22 heavy (non-hydrogen) atoms. The maximum atomic E-state index is 12.1. The summed E-state index contributed by atoms with van der Waals surface area (Å²) in [4.78, 5) is 28.1. The first kappa shape index (κ1) is 14.8. The normalized spacial score (nSPS) is 16.3. The molecule has 0 radical (unpaired) electrons. The van der Waals surface area contributed by atoms with Crippen LogP contribution < -0.4 is 10.6 Å². The molecule has 1 atom stereocenters. The van der Waals surface area contributed by atoms with Gasteiger partial charge >= 0.3 is 0 Å². The number of hydrogen-bond donors (Lipinski definition) is 2. The number of anilines is 2. The van der Waals surface area contributed by atoms with Crippen molar-refractivity contribution in [1.29, 1.82) is 0 Å². The van der Waals surface area contributed by atoms with Crippen LogP contribution in [0, 0.1) is 6.92 Å². The Balaban J connectivity index is 1.75. The molecule has 2 amide bonds. The number of rotatable bonds is 3. The SMILES string of the molecule is Cc1nc2n(n1)[C@H](CC(=O)Nc1cccc(Cl)c1Cl)C(=O)N2. The van der Waals surface area contributed by atoms with E-state index < -0.39 is 6.04 Å². The third-order valence-corrected chi connectivity index (χ3v) is 3.99. The van der Waals surface area contributed by atoms with Gasteiger partial charge in [-0.2, -0.15) is 10.1 Å². The molecule has 1 aliphatic heterocycles. The maximum Gasteiger partial charge on any atom is 0.252 e. The molecular weight excluding hydrogens is 329 g/mol. The average Bonchev–Trinajstić information content (AvgIpc) is 2.93.